The van der Waals surface area contributed by atoms with Crippen LogP contribution < -0.4 is 5.73 Å². The minimum absolute atomic E-state index is 0.656. The summed E-state index contributed by atoms with van der Waals surface area (Å²) in [4.78, 5) is 4.34. The maximum absolute atomic E-state index is 6.14. The number of rotatable bonds is 2. The van der Waals surface area contributed by atoms with Crippen molar-refractivity contribution in [2.75, 3.05) is 5.73 Å². The first-order valence-corrected chi connectivity index (χ1v) is 6.90. The number of nitrogens with zero attached hydrogens (tertiary/aromatic N) is 3. The van der Waals surface area contributed by atoms with Gasteiger partial charge in [0.25, 0.3) is 0 Å². The number of aryl methyl sites for hydroxylation is 3. The van der Waals surface area contributed by atoms with Gasteiger partial charge < -0.3 is 5.73 Å². The van der Waals surface area contributed by atoms with Crippen LogP contribution in [0.25, 0.3) is 17.1 Å². The van der Waals surface area contributed by atoms with E-state index in [1.807, 2.05) is 25.3 Å². The molecule has 0 saturated heterocycles. The van der Waals surface area contributed by atoms with Crippen LogP contribution in [0.3, 0.4) is 0 Å². The zero-order chi connectivity index (χ0) is 15.0. The summed E-state index contributed by atoms with van der Waals surface area (Å²) in [6, 6.07) is 10.3. The summed E-state index contributed by atoms with van der Waals surface area (Å²) in [6.07, 6.45) is 3.59. The average molecular weight is 278 g/mol. The molecule has 0 amide bonds. The van der Waals surface area contributed by atoms with Gasteiger partial charge in [-0.15, -0.1) is 0 Å². The van der Waals surface area contributed by atoms with Gasteiger partial charge in [-0.3, -0.25) is 0 Å². The van der Waals surface area contributed by atoms with Gasteiger partial charge in [0.05, 0.1) is 11.9 Å². The molecule has 4 nitrogen and oxygen atoms in total. The number of nitrogens with two attached hydrogens (primary N) is 1. The topological polar surface area (TPSA) is 56.7 Å². The van der Waals surface area contributed by atoms with Gasteiger partial charge in [-0.25, -0.2) is 9.67 Å². The lowest BCUT2D eigenvalue weighted by Gasteiger charge is -2.03. The summed E-state index contributed by atoms with van der Waals surface area (Å²) in [5.74, 6) is 0.775. The van der Waals surface area contributed by atoms with Gasteiger partial charge in [0, 0.05) is 11.8 Å². The average Bonchev–Trinajstić information content (AvgIpc) is 2.80. The maximum atomic E-state index is 6.14. The van der Waals surface area contributed by atoms with E-state index < -0.39 is 0 Å². The summed E-state index contributed by atoms with van der Waals surface area (Å²) in [5.41, 5.74) is 12.2. The molecule has 2 aromatic heterocycles. The molecule has 0 saturated carbocycles. The molecule has 0 radical (unpaired) electrons. The van der Waals surface area contributed by atoms with E-state index in [-0.39, 0.29) is 0 Å². The van der Waals surface area contributed by atoms with Crippen molar-refractivity contribution in [1.82, 2.24) is 14.8 Å². The predicted molar refractivity (Wildman–Crippen MR) is 85.4 cm³/mol. The highest BCUT2D eigenvalue weighted by atomic mass is 15.3. The molecule has 3 aromatic rings. The molecule has 0 unspecified atom stereocenters. The largest absolute Gasteiger partial charge is 0.396 e. The van der Waals surface area contributed by atoms with E-state index in [9.17, 15) is 0 Å². The van der Waals surface area contributed by atoms with Crippen LogP contribution in [0.2, 0.25) is 0 Å². The van der Waals surface area contributed by atoms with E-state index in [1.165, 1.54) is 11.1 Å². The molecule has 0 fully saturated rings. The van der Waals surface area contributed by atoms with Crippen LogP contribution in [0.4, 0.5) is 5.69 Å². The Morgan fingerprint density at radius 2 is 1.67 bits per heavy atom. The van der Waals surface area contributed by atoms with E-state index >= 15 is 0 Å². The van der Waals surface area contributed by atoms with Gasteiger partial charge in [0.15, 0.2) is 5.82 Å². The maximum Gasteiger partial charge on any atom is 0.153 e. The second-order valence-electron chi connectivity index (χ2n) is 5.45. The van der Waals surface area contributed by atoms with E-state index in [2.05, 4.69) is 42.1 Å². The third kappa shape index (κ3) is 2.65. The van der Waals surface area contributed by atoms with Gasteiger partial charge >= 0.3 is 0 Å². The van der Waals surface area contributed by atoms with Crippen LogP contribution in [-0.2, 0) is 0 Å². The molecule has 1 aromatic carbocycles. The Hall–Kier alpha value is -2.62. The highest BCUT2D eigenvalue weighted by molar-refractivity contribution is 5.73. The highest BCUT2D eigenvalue weighted by Gasteiger charge is 2.11. The molecule has 2 heterocycles. The Morgan fingerprint density at radius 3 is 2.33 bits per heavy atom. The van der Waals surface area contributed by atoms with E-state index in [4.69, 9.17) is 5.73 Å². The smallest absolute Gasteiger partial charge is 0.153 e. The van der Waals surface area contributed by atoms with E-state index in [1.54, 1.807) is 10.9 Å². The quantitative estimate of drug-likeness (QED) is 0.781. The van der Waals surface area contributed by atoms with E-state index in [0.29, 0.717) is 5.69 Å². The molecule has 0 atom stereocenters. The molecule has 2 N–H and O–H groups in total. The SMILES string of the molecule is Cc1cc(C)cc(-c2nn(-c3cc(C)ccn3)cc2N)c1. The standard InChI is InChI=1S/C17H18N4/c1-11-4-5-19-16(9-11)21-10-15(18)17(20-21)14-7-12(2)6-13(3)8-14/h4-10H,18H2,1-3H3. The highest BCUT2D eigenvalue weighted by Crippen LogP contribution is 2.27. The molecular formula is C17H18N4. The first-order chi connectivity index (χ1) is 10.0. The molecule has 4 heteroatoms. The lowest BCUT2D eigenvalue weighted by Crippen LogP contribution is -1.98. The molecule has 21 heavy (non-hydrogen) atoms. The van der Waals surface area contributed by atoms with Gasteiger partial charge in [-0.1, -0.05) is 17.2 Å². The number of pyridine rings is 1. The number of hydrogen-bond donors (Lipinski definition) is 1. The predicted octanol–water partition coefficient (Wildman–Crippen LogP) is 3.44. The van der Waals surface area contributed by atoms with Crippen molar-refractivity contribution >= 4 is 5.69 Å². The first-order valence-electron chi connectivity index (χ1n) is 6.90. The minimum atomic E-state index is 0.656. The lowest BCUT2D eigenvalue weighted by molar-refractivity contribution is 0.848. The molecule has 106 valence electrons. The summed E-state index contributed by atoms with van der Waals surface area (Å²) in [7, 11) is 0. The van der Waals surface area contributed by atoms with Crippen molar-refractivity contribution in [3.63, 3.8) is 0 Å². The summed E-state index contributed by atoms with van der Waals surface area (Å²) in [6.45, 7) is 6.18. The van der Waals surface area contributed by atoms with Crippen molar-refractivity contribution in [2.24, 2.45) is 0 Å². The van der Waals surface area contributed by atoms with Gasteiger partial charge in [-0.05, 0) is 50.6 Å². The molecule has 0 spiro atoms. The van der Waals surface area contributed by atoms with Crippen molar-refractivity contribution in [3.8, 4) is 17.1 Å². The Kier molecular flexibility index (Phi) is 3.22. The van der Waals surface area contributed by atoms with E-state index in [0.717, 1.165) is 22.6 Å². The van der Waals surface area contributed by atoms with Crippen molar-refractivity contribution in [3.05, 3.63) is 59.4 Å². The molecule has 3 rings (SSSR count). The summed E-state index contributed by atoms with van der Waals surface area (Å²) >= 11 is 0. The second kappa shape index (κ2) is 5.05. The Bertz CT molecular complexity index is 782. The molecule has 0 aliphatic rings. The molecular weight excluding hydrogens is 260 g/mol. The second-order valence-corrected chi connectivity index (χ2v) is 5.45. The molecule has 0 aliphatic heterocycles. The fourth-order valence-corrected chi connectivity index (χ4v) is 2.49. The van der Waals surface area contributed by atoms with Gasteiger partial charge in [0.2, 0.25) is 0 Å². The van der Waals surface area contributed by atoms with Crippen molar-refractivity contribution < 1.29 is 0 Å². The number of hydrogen-bond acceptors (Lipinski definition) is 3. The van der Waals surface area contributed by atoms with Crippen LogP contribution in [0.5, 0.6) is 0 Å². The van der Waals surface area contributed by atoms with Crippen molar-refractivity contribution in [1.29, 1.82) is 0 Å². The van der Waals surface area contributed by atoms with Crippen LogP contribution in [-0.4, -0.2) is 14.8 Å². The molecule has 0 aliphatic carbocycles. The Labute approximate surface area is 124 Å². The van der Waals surface area contributed by atoms with Crippen LogP contribution in [0, 0.1) is 20.8 Å². The normalized spacial score (nSPS) is 10.8. The number of benzene rings is 1. The fourth-order valence-electron chi connectivity index (χ4n) is 2.49. The number of anilines is 1. The zero-order valence-corrected chi connectivity index (χ0v) is 12.5. The minimum Gasteiger partial charge on any atom is -0.396 e. The summed E-state index contributed by atoms with van der Waals surface area (Å²) < 4.78 is 1.73. The van der Waals surface area contributed by atoms with Crippen LogP contribution in [0.15, 0.2) is 42.7 Å². The van der Waals surface area contributed by atoms with Gasteiger partial charge in [-0.2, -0.15) is 5.10 Å². The van der Waals surface area contributed by atoms with Gasteiger partial charge in [0.1, 0.15) is 5.69 Å². The Morgan fingerprint density at radius 1 is 0.952 bits per heavy atom. The zero-order valence-electron chi connectivity index (χ0n) is 12.5. The van der Waals surface area contributed by atoms with Crippen LogP contribution in [0.1, 0.15) is 16.7 Å². The lowest BCUT2D eigenvalue weighted by atomic mass is 10.0. The van der Waals surface area contributed by atoms with Crippen molar-refractivity contribution in [2.45, 2.75) is 20.8 Å². The monoisotopic (exact) mass is 278 g/mol. The Balaban J connectivity index is 2.09. The van der Waals surface area contributed by atoms with Crippen LogP contribution >= 0.6 is 0 Å². The fraction of sp³-hybridized carbons (Fsp3) is 0.176. The first kappa shape index (κ1) is 13.4. The molecule has 0 bridgehead atoms. The third-order valence-corrected chi connectivity index (χ3v) is 3.37. The number of nitrogen functional groups attached to an aromatic ring is 1. The number of aromatic nitrogens is 3. The third-order valence-electron chi connectivity index (χ3n) is 3.37. The summed E-state index contributed by atoms with van der Waals surface area (Å²) in [5, 5.41) is 4.60.